The largest absolute Gasteiger partial charge is 0.390 e. The fourth-order valence-corrected chi connectivity index (χ4v) is 2.19. The van der Waals surface area contributed by atoms with Gasteiger partial charge in [0.25, 0.3) is 0 Å². The summed E-state index contributed by atoms with van der Waals surface area (Å²) in [5.41, 5.74) is 0.317. The van der Waals surface area contributed by atoms with E-state index in [-0.39, 0.29) is 12.2 Å². The van der Waals surface area contributed by atoms with Crippen molar-refractivity contribution in [2.45, 2.75) is 51.9 Å². The molecule has 70 valence electrons. The van der Waals surface area contributed by atoms with Crippen LogP contribution in [0.25, 0.3) is 0 Å². The number of rotatable bonds is 0. The van der Waals surface area contributed by atoms with Crippen LogP contribution < -0.4 is 0 Å². The molecule has 1 aliphatic carbocycles. The Morgan fingerprint density at radius 3 is 2.42 bits per heavy atom. The molecule has 1 saturated carbocycles. The first-order valence-corrected chi connectivity index (χ1v) is 4.82. The minimum atomic E-state index is -0.201. The lowest BCUT2D eigenvalue weighted by Crippen LogP contribution is -2.34. The van der Waals surface area contributed by atoms with Crippen molar-refractivity contribution < 1.29 is 9.84 Å². The number of ether oxygens (including phenoxy) is 1. The Balaban J connectivity index is 2.01. The first-order chi connectivity index (χ1) is 5.48. The maximum atomic E-state index is 9.63. The zero-order valence-corrected chi connectivity index (χ0v) is 8.08. The average molecular weight is 170 g/mol. The summed E-state index contributed by atoms with van der Waals surface area (Å²) in [6, 6.07) is 0. The van der Waals surface area contributed by atoms with Gasteiger partial charge in [0.05, 0.1) is 12.2 Å². The molecule has 1 saturated heterocycles. The van der Waals surface area contributed by atoms with Gasteiger partial charge in [-0.2, -0.15) is 0 Å². The third-order valence-corrected chi connectivity index (χ3v) is 3.27. The summed E-state index contributed by atoms with van der Waals surface area (Å²) in [5, 5.41) is 9.63. The highest BCUT2D eigenvalue weighted by molar-refractivity contribution is 4.99. The number of aliphatic hydroxyl groups is 1. The van der Waals surface area contributed by atoms with Gasteiger partial charge in [-0.25, -0.2) is 0 Å². The van der Waals surface area contributed by atoms with Crippen molar-refractivity contribution in [3.05, 3.63) is 0 Å². The summed E-state index contributed by atoms with van der Waals surface area (Å²) < 4.78 is 5.37. The lowest BCUT2D eigenvalue weighted by Gasteiger charge is -2.34. The smallest absolute Gasteiger partial charge is 0.110 e. The topological polar surface area (TPSA) is 32.8 Å². The van der Waals surface area contributed by atoms with Gasteiger partial charge in [0.2, 0.25) is 0 Å². The van der Waals surface area contributed by atoms with Crippen LogP contribution in [0.4, 0.5) is 0 Å². The number of epoxide rings is 1. The molecule has 0 spiro atoms. The molecule has 0 bridgehead atoms. The van der Waals surface area contributed by atoms with E-state index in [9.17, 15) is 5.11 Å². The number of hydrogen-bond acceptors (Lipinski definition) is 2. The quantitative estimate of drug-likeness (QED) is 0.560. The van der Waals surface area contributed by atoms with E-state index in [2.05, 4.69) is 20.8 Å². The van der Waals surface area contributed by atoms with E-state index in [1.54, 1.807) is 0 Å². The Kier molecular flexibility index (Phi) is 1.74. The Labute approximate surface area is 73.9 Å². The molecule has 2 aliphatic rings. The van der Waals surface area contributed by atoms with E-state index in [1.165, 1.54) is 0 Å². The van der Waals surface area contributed by atoms with Gasteiger partial charge in [-0.05, 0) is 24.2 Å². The van der Waals surface area contributed by atoms with Gasteiger partial charge in [-0.1, -0.05) is 20.8 Å². The van der Waals surface area contributed by atoms with Crippen LogP contribution in [0, 0.1) is 11.3 Å². The first-order valence-electron chi connectivity index (χ1n) is 4.82. The fraction of sp³-hybridized carbons (Fsp3) is 1.00. The molecular weight excluding hydrogens is 152 g/mol. The second kappa shape index (κ2) is 2.46. The standard InChI is InChI=1S/C10H18O2/c1-10(2,3)6-4-7(11)9-8(5-6)12-9/h6-9,11H,4-5H2,1-3H3/t6-,7-,8-,9+/m0/s1. The summed E-state index contributed by atoms with van der Waals surface area (Å²) in [7, 11) is 0. The summed E-state index contributed by atoms with van der Waals surface area (Å²) in [4.78, 5) is 0. The minimum absolute atomic E-state index is 0.184. The van der Waals surface area contributed by atoms with Crippen molar-refractivity contribution in [3.8, 4) is 0 Å². The highest BCUT2D eigenvalue weighted by Gasteiger charge is 2.51. The minimum Gasteiger partial charge on any atom is -0.390 e. The van der Waals surface area contributed by atoms with Crippen molar-refractivity contribution in [2.24, 2.45) is 11.3 Å². The maximum absolute atomic E-state index is 9.63. The van der Waals surface area contributed by atoms with Crippen LogP contribution in [0.1, 0.15) is 33.6 Å². The van der Waals surface area contributed by atoms with E-state index >= 15 is 0 Å². The molecular formula is C10H18O2. The zero-order chi connectivity index (χ0) is 8.93. The molecule has 0 amide bonds. The SMILES string of the molecule is CC(C)(C)[C@@H]1C[C@@H]2O[C@@H]2[C@@H](O)C1. The number of aliphatic hydroxyl groups excluding tert-OH is 1. The molecule has 2 fully saturated rings. The number of hydrogen-bond donors (Lipinski definition) is 1. The fourth-order valence-electron chi connectivity index (χ4n) is 2.19. The van der Waals surface area contributed by atoms with Crippen molar-refractivity contribution in [3.63, 3.8) is 0 Å². The van der Waals surface area contributed by atoms with Gasteiger partial charge in [0, 0.05) is 0 Å². The normalized spacial score (nSPS) is 47.0. The average Bonchev–Trinajstić information content (AvgIpc) is 2.63. The molecule has 1 N–H and O–H groups in total. The Hall–Kier alpha value is -0.0800. The molecule has 0 aromatic heterocycles. The summed E-state index contributed by atoms with van der Waals surface area (Å²) >= 11 is 0. The van der Waals surface area contributed by atoms with Gasteiger partial charge in [0.15, 0.2) is 0 Å². The van der Waals surface area contributed by atoms with Gasteiger partial charge in [0.1, 0.15) is 6.10 Å². The molecule has 0 radical (unpaired) electrons. The van der Waals surface area contributed by atoms with E-state index < -0.39 is 0 Å². The van der Waals surface area contributed by atoms with Gasteiger partial charge in [-0.3, -0.25) is 0 Å². The van der Waals surface area contributed by atoms with Crippen LogP contribution in [0.15, 0.2) is 0 Å². The number of fused-ring (bicyclic) bond motifs is 1. The molecule has 12 heavy (non-hydrogen) atoms. The van der Waals surface area contributed by atoms with E-state index in [0.717, 1.165) is 12.8 Å². The van der Waals surface area contributed by atoms with E-state index in [1.807, 2.05) is 0 Å². The van der Waals surface area contributed by atoms with Crippen molar-refractivity contribution in [2.75, 3.05) is 0 Å². The first kappa shape index (κ1) is 8.52. The molecule has 0 aromatic rings. The van der Waals surface area contributed by atoms with Crippen molar-refractivity contribution in [1.29, 1.82) is 0 Å². The Morgan fingerprint density at radius 2 is 1.92 bits per heavy atom. The highest BCUT2D eigenvalue weighted by Crippen LogP contribution is 2.45. The van der Waals surface area contributed by atoms with Crippen LogP contribution >= 0.6 is 0 Å². The monoisotopic (exact) mass is 170 g/mol. The Bertz CT molecular complexity index is 183. The van der Waals surface area contributed by atoms with Gasteiger partial charge in [-0.15, -0.1) is 0 Å². The Morgan fingerprint density at radius 1 is 1.25 bits per heavy atom. The van der Waals surface area contributed by atoms with Crippen LogP contribution in [-0.2, 0) is 4.74 Å². The molecule has 0 unspecified atom stereocenters. The lowest BCUT2D eigenvalue weighted by atomic mass is 9.72. The van der Waals surface area contributed by atoms with Crippen LogP contribution in [0.3, 0.4) is 0 Å². The lowest BCUT2D eigenvalue weighted by molar-refractivity contribution is 0.0707. The summed E-state index contributed by atoms with van der Waals surface area (Å²) in [6.45, 7) is 6.73. The van der Waals surface area contributed by atoms with Gasteiger partial charge >= 0.3 is 0 Å². The molecule has 2 nitrogen and oxygen atoms in total. The summed E-state index contributed by atoms with van der Waals surface area (Å²) in [6.07, 6.45) is 2.42. The molecule has 0 aromatic carbocycles. The molecule has 1 heterocycles. The molecule has 1 aliphatic heterocycles. The molecule has 2 rings (SSSR count). The predicted octanol–water partition coefficient (Wildman–Crippen LogP) is 1.57. The molecule has 2 heteroatoms. The van der Waals surface area contributed by atoms with E-state index in [0.29, 0.717) is 17.4 Å². The van der Waals surface area contributed by atoms with Gasteiger partial charge < -0.3 is 9.84 Å². The van der Waals surface area contributed by atoms with Crippen molar-refractivity contribution >= 4 is 0 Å². The third-order valence-electron chi connectivity index (χ3n) is 3.27. The second-order valence-electron chi connectivity index (χ2n) is 5.24. The van der Waals surface area contributed by atoms with Crippen LogP contribution in [0.2, 0.25) is 0 Å². The van der Waals surface area contributed by atoms with Crippen LogP contribution in [-0.4, -0.2) is 23.4 Å². The third kappa shape index (κ3) is 1.38. The van der Waals surface area contributed by atoms with E-state index in [4.69, 9.17) is 4.74 Å². The molecule has 4 atom stereocenters. The maximum Gasteiger partial charge on any atom is 0.110 e. The predicted molar refractivity (Wildman–Crippen MR) is 46.8 cm³/mol. The van der Waals surface area contributed by atoms with Crippen LogP contribution in [0.5, 0.6) is 0 Å². The second-order valence-corrected chi connectivity index (χ2v) is 5.24. The van der Waals surface area contributed by atoms with Crippen molar-refractivity contribution in [1.82, 2.24) is 0 Å². The highest BCUT2D eigenvalue weighted by atomic mass is 16.6. The summed E-state index contributed by atoms with van der Waals surface area (Å²) in [5.74, 6) is 0.622. The zero-order valence-electron chi connectivity index (χ0n) is 8.08.